The molecule has 2 N–H and O–H groups in total. The molecule has 0 unspecified atom stereocenters. The fourth-order valence-electron chi connectivity index (χ4n) is 2.64. The van der Waals surface area contributed by atoms with Crippen LogP contribution in [0.15, 0.2) is 53.6 Å². The van der Waals surface area contributed by atoms with Gasteiger partial charge in [-0.3, -0.25) is 14.9 Å². The Bertz CT molecular complexity index is 1020. The molecule has 3 aromatic rings. The second-order valence-corrected chi connectivity index (χ2v) is 8.07. The smallest absolute Gasteiger partial charge is 0.257 e. The molecule has 0 saturated carbocycles. The Kier molecular flexibility index (Phi) is 4.91. The van der Waals surface area contributed by atoms with E-state index in [0.29, 0.717) is 28.6 Å². The minimum Gasteiger partial charge on any atom is -0.324 e. The van der Waals surface area contributed by atoms with E-state index in [2.05, 4.69) is 15.6 Å². The molecule has 0 saturated heterocycles. The average molecular weight is 399 g/mol. The molecule has 5 nitrogen and oxygen atoms in total. The van der Waals surface area contributed by atoms with Crippen molar-refractivity contribution in [1.29, 1.82) is 0 Å². The summed E-state index contributed by atoms with van der Waals surface area (Å²) in [5.74, 6) is -0.245. The van der Waals surface area contributed by atoms with Crippen LogP contribution in [0, 0.1) is 5.82 Å². The molecule has 1 aromatic heterocycles. The molecule has 0 bridgehead atoms. The molecule has 2 heterocycles. The SMILES string of the molecule is O=C1CSc2ccc(C(=O)Nc3ncc(Cc4ccc(F)cc4)s3)cc2N1. The molecule has 4 rings (SSSR count). The number of thiazole rings is 1. The highest BCUT2D eigenvalue weighted by Crippen LogP contribution is 2.32. The standard InChI is InChI=1S/C19H14FN3O2S2/c20-13-4-1-11(2-5-13)7-14-9-21-19(27-14)23-18(25)12-3-6-16-15(8-12)22-17(24)10-26-16/h1-6,8-9H,7,10H2,(H,22,24)(H,21,23,25). The Hall–Kier alpha value is -2.71. The van der Waals surface area contributed by atoms with Crippen molar-refractivity contribution < 1.29 is 14.0 Å². The van der Waals surface area contributed by atoms with E-state index >= 15 is 0 Å². The van der Waals surface area contributed by atoms with Crippen molar-refractivity contribution in [2.24, 2.45) is 0 Å². The summed E-state index contributed by atoms with van der Waals surface area (Å²) in [7, 11) is 0. The van der Waals surface area contributed by atoms with Crippen molar-refractivity contribution in [1.82, 2.24) is 4.98 Å². The van der Waals surface area contributed by atoms with E-state index in [-0.39, 0.29) is 17.6 Å². The Morgan fingerprint density at radius 3 is 2.85 bits per heavy atom. The van der Waals surface area contributed by atoms with Crippen LogP contribution in [0.4, 0.5) is 15.2 Å². The van der Waals surface area contributed by atoms with E-state index in [1.807, 2.05) is 6.07 Å². The van der Waals surface area contributed by atoms with Crippen molar-refractivity contribution in [2.45, 2.75) is 11.3 Å². The highest BCUT2D eigenvalue weighted by molar-refractivity contribution is 8.00. The van der Waals surface area contributed by atoms with Crippen LogP contribution < -0.4 is 10.6 Å². The first-order valence-electron chi connectivity index (χ1n) is 8.14. The van der Waals surface area contributed by atoms with Gasteiger partial charge in [-0.15, -0.1) is 23.1 Å². The highest BCUT2D eigenvalue weighted by Gasteiger charge is 2.18. The first-order chi connectivity index (χ1) is 13.1. The predicted octanol–water partition coefficient (Wildman–Crippen LogP) is 4.17. The van der Waals surface area contributed by atoms with Gasteiger partial charge in [0.1, 0.15) is 5.82 Å². The maximum atomic E-state index is 13.0. The molecule has 0 atom stereocenters. The normalized spacial score (nSPS) is 13.0. The minimum atomic E-state index is -0.287. The molecule has 136 valence electrons. The van der Waals surface area contributed by atoms with Crippen LogP contribution in [0.2, 0.25) is 0 Å². The van der Waals surface area contributed by atoms with Crippen LogP contribution in [0.5, 0.6) is 0 Å². The molecule has 0 aliphatic carbocycles. The van der Waals surface area contributed by atoms with Crippen molar-refractivity contribution in [2.75, 3.05) is 16.4 Å². The third kappa shape index (κ3) is 4.17. The lowest BCUT2D eigenvalue weighted by Crippen LogP contribution is -2.19. The number of carbonyl (C=O) groups excluding carboxylic acids is 2. The second kappa shape index (κ2) is 7.50. The van der Waals surface area contributed by atoms with Crippen molar-refractivity contribution >= 4 is 45.7 Å². The summed E-state index contributed by atoms with van der Waals surface area (Å²) in [6, 6.07) is 11.5. The van der Waals surface area contributed by atoms with Gasteiger partial charge in [0.15, 0.2) is 5.13 Å². The zero-order valence-electron chi connectivity index (χ0n) is 14.0. The number of aromatic nitrogens is 1. The van der Waals surface area contributed by atoms with Crippen molar-refractivity contribution in [3.8, 4) is 0 Å². The largest absolute Gasteiger partial charge is 0.324 e. The Balaban J connectivity index is 1.44. The number of anilines is 2. The lowest BCUT2D eigenvalue weighted by atomic mass is 10.1. The summed E-state index contributed by atoms with van der Waals surface area (Å²) in [4.78, 5) is 30.1. The number of rotatable bonds is 4. The molecule has 1 aliphatic rings. The number of nitrogens with one attached hydrogen (secondary N) is 2. The average Bonchev–Trinajstić information content (AvgIpc) is 3.09. The molecule has 1 aliphatic heterocycles. The van der Waals surface area contributed by atoms with Crippen LogP contribution >= 0.6 is 23.1 Å². The van der Waals surface area contributed by atoms with Gasteiger partial charge >= 0.3 is 0 Å². The van der Waals surface area contributed by atoms with Gasteiger partial charge < -0.3 is 5.32 Å². The molecule has 2 amide bonds. The van der Waals surface area contributed by atoms with Crippen LogP contribution in [0.25, 0.3) is 0 Å². The molecule has 0 fully saturated rings. The van der Waals surface area contributed by atoms with Gasteiger partial charge in [0, 0.05) is 28.0 Å². The summed E-state index contributed by atoms with van der Waals surface area (Å²) in [5.41, 5.74) is 2.08. The number of fused-ring (bicyclic) bond motifs is 1. The third-order valence-electron chi connectivity index (χ3n) is 3.94. The Labute approximate surface area is 163 Å². The zero-order chi connectivity index (χ0) is 18.8. The number of halogens is 1. The summed E-state index contributed by atoms with van der Waals surface area (Å²) in [6.45, 7) is 0. The number of benzene rings is 2. The quantitative estimate of drug-likeness (QED) is 0.691. The minimum absolute atomic E-state index is 0.0737. The van der Waals surface area contributed by atoms with Crippen molar-refractivity contribution in [3.63, 3.8) is 0 Å². The summed E-state index contributed by atoms with van der Waals surface area (Å²) in [5, 5.41) is 6.05. The monoisotopic (exact) mass is 399 g/mol. The zero-order valence-corrected chi connectivity index (χ0v) is 15.6. The lowest BCUT2D eigenvalue weighted by molar-refractivity contribution is -0.113. The molecule has 8 heteroatoms. The predicted molar refractivity (Wildman–Crippen MR) is 105 cm³/mol. The number of hydrogen-bond donors (Lipinski definition) is 2. The topological polar surface area (TPSA) is 71.1 Å². The van der Waals surface area contributed by atoms with Gasteiger partial charge in [0.05, 0.1) is 11.4 Å². The van der Waals surface area contributed by atoms with E-state index in [1.165, 1.54) is 35.2 Å². The molecule has 2 aromatic carbocycles. The fourth-order valence-corrected chi connectivity index (χ4v) is 4.27. The highest BCUT2D eigenvalue weighted by atomic mass is 32.2. The van der Waals surface area contributed by atoms with Gasteiger partial charge in [-0.2, -0.15) is 0 Å². The van der Waals surface area contributed by atoms with Crippen LogP contribution in [0.3, 0.4) is 0 Å². The van der Waals surface area contributed by atoms with Gasteiger partial charge in [0.2, 0.25) is 5.91 Å². The molecule has 0 spiro atoms. The van der Waals surface area contributed by atoms with Crippen LogP contribution in [0.1, 0.15) is 20.8 Å². The van der Waals surface area contributed by atoms with Gasteiger partial charge in [0.25, 0.3) is 5.91 Å². The number of amides is 2. The number of nitrogens with zero attached hydrogens (tertiary/aromatic N) is 1. The molecular weight excluding hydrogens is 385 g/mol. The third-order valence-corrected chi connectivity index (χ3v) is 5.93. The van der Waals surface area contributed by atoms with Gasteiger partial charge in [-0.1, -0.05) is 12.1 Å². The summed E-state index contributed by atoms with van der Waals surface area (Å²) in [6.07, 6.45) is 2.32. The fraction of sp³-hybridized carbons (Fsp3) is 0.105. The molecule has 0 radical (unpaired) electrons. The number of carbonyl (C=O) groups is 2. The van der Waals surface area contributed by atoms with E-state index in [9.17, 15) is 14.0 Å². The maximum absolute atomic E-state index is 13.0. The Morgan fingerprint density at radius 1 is 1.22 bits per heavy atom. The van der Waals surface area contributed by atoms with E-state index in [0.717, 1.165) is 15.3 Å². The summed E-state index contributed by atoms with van der Waals surface area (Å²) < 4.78 is 13.0. The number of thioether (sulfide) groups is 1. The maximum Gasteiger partial charge on any atom is 0.257 e. The van der Waals surface area contributed by atoms with Crippen LogP contribution in [-0.4, -0.2) is 22.6 Å². The Morgan fingerprint density at radius 2 is 2.04 bits per heavy atom. The van der Waals surface area contributed by atoms with Crippen molar-refractivity contribution in [3.05, 3.63) is 70.5 Å². The first kappa shape index (κ1) is 17.7. The second-order valence-electron chi connectivity index (χ2n) is 5.94. The van der Waals surface area contributed by atoms with E-state index in [1.54, 1.807) is 30.5 Å². The first-order valence-corrected chi connectivity index (χ1v) is 9.94. The van der Waals surface area contributed by atoms with Gasteiger partial charge in [-0.05, 0) is 35.9 Å². The molecular formula is C19H14FN3O2S2. The van der Waals surface area contributed by atoms with E-state index in [4.69, 9.17) is 0 Å². The van der Waals surface area contributed by atoms with Crippen LogP contribution in [-0.2, 0) is 11.2 Å². The van der Waals surface area contributed by atoms with E-state index < -0.39 is 0 Å². The lowest BCUT2D eigenvalue weighted by Gasteiger charge is -2.16. The molecule has 27 heavy (non-hydrogen) atoms. The number of hydrogen-bond acceptors (Lipinski definition) is 5. The van der Waals surface area contributed by atoms with Gasteiger partial charge in [-0.25, -0.2) is 9.37 Å². The summed E-state index contributed by atoms with van der Waals surface area (Å²) >= 11 is 2.82.